The summed E-state index contributed by atoms with van der Waals surface area (Å²) >= 11 is 1.37. The smallest absolute Gasteiger partial charge is 0.332 e. The Bertz CT molecular complexity index is 1070. The Balaban J connectivity index is 2.15. The average molecular weight is 383 g/mol. The van der Waals surface area contributed by atoms with Crippen molar-refractivity contribution in [2.45, 2.75) is 20.0 Å². The first-order valence-electron chi connectivity index (χ1n) is 8.54. The number of nitrogens with one attached hydrogen (secondary N) is 1. The maximum absolute atomic E-state index is 12.9. The van der Waals surface area contributed by atoms with Crippen LogP contribution in [-0.2, 0) is 13.1 Å². The molecule has 1 aromatic carbocycles. The van der Waals surface area contributed by atoms with Gasteiger partial charge in [0.1, 0.15) is 11.4 Å². The van der Waals surface area contributed by atoms with E-state index in [1.165, 1.54) is 20.5 Å². The van der Waals surface area contributed by atoms with Crippen LogP contribution in [0.25, 0.3) is 11.3 Å². The van der Waals surface area contributed by atoms with Crippen molar-refractivity contribution in [3.8, 4) is 11.3 Å². The van der Waals surface area contributed by atoms with Crippen LogP contribution in [0.4, 0.5) is 10.9 Å². The van der Waals surface area contributed by atoms with Gasteiger partial charge in [0.25, 0.3) is 5.56 Å². The molecule has 0 amide bonds. The summed E-state index contributed by atoms with van der Waals surface area (Å²) in [5, 5.41) is 5.51. The van der Waals surface area contributed by atoms with Crippen molar-refractivity contribution < 1.29 is 0 Å². The molecule has 0 aliphatic rings. The summed E-state index contributed by atoms with van der Waals surface area (Å²) in [6, 6.07) is 9.51. The highest BCUT2D eigenvalue weighted by Gasteiger charge is 2.20. The van der Waals surface area contributed by atoms with Gasteiger partial charge in [0.15, 0.2) is 5.13 Å². The van der Waals surface area contributed by atoms with E-state index in [2.05, 4.69) is 16.9 Å². The summed E-state index contributed by atoms with van der Waals surface area (Å²) in [7, 11) is 0. The summed E-state index contributed by atoms with van der Waals surface area (Å²) in [6.07, 6.45) is 1.72. The number of nitrogens with two attached hydrogens (primary N) is 1. The Morgan fingerprint density at radius 2 is 2.00 bits per heavy atom. The number of rotatable bonds is 7. The molecule has 0 atom stereocenters. The van der Waals surface area contributed by atoms with Crippen LogP contribution in [0.1, 0.15) is 12.5 Å². The molecule has 140 valence electrons. The van der Waals surface area contributed by atoms with E-state index < -0.39 is 11.2 Å². The molecule has 3 aromatic rings. The van der Waals surface area contributed by atoms with Gasteiger partial charge in [-0.3, -0.25) is 13.9 Å². The lowest BCUT2D eigenvalue weighted by Gasteiger charge is -2.15. The highest BCUT2D eigenvalue weighted by Crippen LogP contribution is 2.26. The summed E-state index contributed by atoms with van der Waals surface area (Å²) in [4.78, 5) is 30.1. The van der Waals surface area contributed by atoms with Gasteiger partial charge in [0.2, 0.25) is 0 Å². The molecule has 0 radical (unpaired) electrons. The molecule has 27 heavy (non-hydrogen) atoms. The second-order valence-electron chi connectivity index (χ2n) is 5.87. The quantitative estimate of drug-likeness (QED) is 0.611. The maximum Gasteiger partial charge on any atom is 0.332 e. The number of thiazole rings is 1. The van der Waals surface area contributed by atoms with Crippen LogP contribution in [0.5, 0.6) is 0 Å². The van der Waals surface area contributed by atoms with Crippen LogP contribution < -0.4 is 22.3 Å². The molecule has 0 spiro atoms. The number of nitrogen functional groups attached to an aromatic ring is 1. The zero-order valence-corrected chi connectivity index (χ0v) is 15.8. The SMILES string of the molecule is C=CCNc1nc(-c2c(N)n(Cc3ccccc3)c(=O)n(CC)c2=O)cs1. The molecule has 0 bridgehead atoms. The second kappa shape index (κ2) is 8.05. The third-order valence-electron chi connectivity index (χ3n) is 4.13. The Kier molecular flexibility index (Phi) is 5.56. The number of hydrogen-bond acceptors (Lipinski definition) is 6. The lowest BCUT2D eigenvalue weighted by atomic mass is 10.2. The fourth-order valence-corrected chi connectivity index (χ4v) is 3.49. The summed E-state index contributed by atoms with van der Waals surface area (Å²) in [5.74, 6) is 0.124. The first kappa shape index (κ1) is 18.7. The van der Waals surface area contributed by atoms with Crippen molar-refractivity contribution in [1.29, 1.82) is 0 Å². The molecule has 0 fully saturated rings. The molecule has 8 heteroatoms. The molecule has 3 rings (SSSR count). The second-order valence-corrected chi connectivity index (χ2v) is 6.73. The molecule has 0 saturated heterocycles. The fraction of sp³-hybridized carbons (Fsp3) is 0.211. The zero-order valence-electron chi connectivity index (χ0n) is 15.0. The molecule has 2 heterocycles. The van der Waals surface area contributed by atoms with Crippen molar-refractivity contribution >= 4 is 22.3 Å². The van der Waals surface area contributed by atoms with E-state index in [0.717, 1.165) is 5.56 Å². The predicted octanol–water partition coefficient (Wildman–Crippen LogP) is 2.38. The van der Waals surface area contributed by atoms with Gasteiger partial charge in [-0.05, 0) is 12.5 Å². The third-order valence-corrected chi connectivity index (χ3v) is 4.93. The van der Waals surface area contributed by atoms with E-state index in [1.54, 1.807) is 18.4 Å². The molecule has 0 saturated carbocycles. The van der Waals surface area contributed by atoms with E-state index in [1.807, 2.05) is 30.3 Å². The van der Waals surface area contributed by atoms with Gasteiger partial charge in [-0.2, -0.15) is 0 Å². The number of aromatic nitrogens is 3. The number of anilines is 2. The number of nitrogens with zero attached hydrogens (tertiary/aromatic N) is 3. The highest BCUT2D eigenvalue weighted by molar-refractivity contribution is 7.14. The van der Waals surface area contributed by atoms with Gasteiger partial charge < -0.3 is 11.1 Å². The summed E-state index contributed by atoms with van der Waals surface area (Å²) in [5.41, 5.74) is 7.05. The monoisotopic (exact) mass is 383 g/mol. The standard InChI is InChI=1S/C19H21N5O2S/c1-3-10-21-18-22-14(12-27-18)15-16(20)24(11-13-8-6-5-7-9-13)19(26)23(4-2)17(15)25/h3,5-9,12H,1,4,10-11,20H2,2H3,(H,21,22). The van der Waals surface area contributed by atoms with Gasteiger partial charge in [0.05, 0.1) is 12.2 Å². The summed E-state index contributed by atoms with van der Waals surface area (Å²) in [6.45, 7) is 6.52. The predicted molar refractivity (Wildman–Crippen MR) is 110 cm³/mol. The Hall–Kier alpha value is -3.13. The topological polar surface area (TPSA) is 94.9 Å². The van der Waals surface area contributed by atoms with E-state index in [-0.39, 0.29) is 24.5 Å². The molecular formula is C19H21N5O2S. The van der Waals surface area contributed by atoms with Crippen molar-refractivity contribution in [2.75, 3.05) is 17.6 Å². The largest absolute Gasteiger partial charge is 0.384 e. The minimum atomic E-state index is -0.426. The van der Waals surface area contributed by atoms with Crippen LogP contribution >= 0.6 is 11.3 Å². The minimum absolute atomic E-state index is 0.124. The van der Waals surface area contributed by atoms with E-state index in [4.69, 9.17) is 5.73 Å². The van der Waals surface area contributed by atoms with Gasteiger partial charge in [0, 0.05) is 18.5 Å². The van der Waals surface area contributed by atoms with Gasteiger partial charge in [-0.15, -0.1) is 17.9 Å². The lowest BCUT2D eigenvalue weighted by Crippen LogP contribution is -2.41. The molecule has 3 N–H and O–H groups in total. The fourth-order valence-electron chi connectivity index (χ4n) is 2.78. The zero-order chi connectivity index (χ0) is 19.4. The Morgan fingerprint density at radius 3 is 2.67 bits per heavy atom. The molecule has 0 aliphatic carbocycles. The van der Waals surface area contributed by atoms with Gasteiger partial charge >= 0.3 is 5.69 Å². The van der Waals surface area contributed by atoms with E-state index in [0.29, 0.717) is 17.4 Å². The third kappa shape index (κ3) is 3.70. The molecule has 2 aromatic heterocycles. The van der Waals surface area contributed by atoms with E-state index >= 15 is 0 Å². The molecule has 0 unspecified atom stereocenters. The minimum Gasteiger partial charge on any atom is -0.384 e. The van der Waals surface area contributed by atoms with Crippen molar-refractivity contribution in [3.63, 3.8) is 0 Å². The average Bonchev–Trinajstić information content (AvgIpc) is 3.13. The first-order chi connectivity index (χ1) is 13.1. The molecular weight excluding hydrogens is 362 g/mol. The molecule has 7 nitrogen and oxygen atoms in total. The maximum atomic E-state index is 12.9. The highest BCUT2D eigenvalue weighted by atomic mass is 32.1. The van der Waals surface area contributed by atoms with Gasteiger partial charge in [-0.25, -0.2) is 9.78 Å². The van der Waals surface area contributed by atoms with Crippen LogP contribution in [0.2, 0.25) is 0 Å². The van der Waals surface area contributed by atoms with Crippen LogP contribution in [0.3, 0.4) is 0 Å². The van der Waals surface area contributed by atoms with Crippen LogP contribution in [0, 0.1) is 0 Å². The Labute approximate surface area is 160 Å². The van der Waals surface area contributed by atoms with Gasteiger partial charge in [-0.1, -0.05) is 36.4 Å². The van der Waals surface area contributed by atoms with Crippen molar-refractivity contribution in [1.82, 2.24) is 14.1 Å². The lowest BCUT2D eigenvalue weighted by molar-refractivity contribution is 0.606. The summed E-state index contributed by atoms with van der Waals surface area (Å²) < 4.78 is 2.61. The first-order valence-corrected chi connectivity index (χ1v) is 9.42. The number of benzene rings is 1. The van der Waals surface area contributed by atoms with Crippen molar-refractivity contribution in [2.24, 2.45) is 0 Å². The van der Waals surface area contributed by atoms with E-state index in [9.17, 15) is 9.59 Å². The van der Waals surface area contributed by atoms with Crippen molar-refractivity contribution in [3.05, 3.63) is 74.8 Å². The Morgan fingerprint density at radius 1 is 1.26 bits per heavy atom. The molecule has 0 aliphatic heterocycles. The number of hydrogen-bond donors (Lipinski definition) is 2. The van der Waals surface area contributed by atoms with Crippen LogP contribution in [0.15, 0.2) is 58.0 Å². The van der Waals surface area contributed by atoms with Crippen LogP contribution in [-0.4, -0.2) is 20.7 Å². The normalized spacial score (nSPS) is 10.7.